The number of rotatable bonds is 7. The molecule has 0 saturated heterocycles. The van der Waals surface area contributed by atoms with Crippen LogP contribution in [0.4, 0.5) is 57.1 Å². The summed E-state index contributed by atoms with van der Waals surface area (Å²) in [5, 5.41) is 0. The van der Waals surface area contributed by atoms with Gasteiger partial charge in [-0.2, -0.15) is 52.7 Å². The molecule has 0 bridgehead atoms. The van der Waals surface area contributed by atoms with Crippen LogP contribution in [0.3, 0.4) is 0 Å². The number of halogens is 13. The minimum Gasteiger partial charge on any atom is -0.224 e. The molecule has 0 aliphatic carbocycles. The highest BCUT2D eigenvalue weighted by molar-refractivity contribution is 4.97. The SMILES string of the molecule is CCCCC(CC(CC(F)(C(F)(F)F)C(F)(F)F)C(F)(F)F)C(F)(F)F. The van der Waals surface area contributed by atoms with Crippen LogP contribution in [-0.4, -0.2) is 30.4 Å². The van der Waals surface area contributed by atoms with Gasteiger partial charge in [0.05, 0.1) is 11.8 Å². The van der Waals surface area contributed by atoms with Gasteiger partial charge in [-0.1, -0.05) is 19.8 Å². The molecule has 0 nitrogen and oxygen atoms in total. The summed E-state index contributed by atoms with van der Waals surface area (Å²) in [4.78, 5) is 0. The Labute approximate surface area is 139 Å². The van der Waals surface area contributed by atoms with Crippen molar-refractivity contribution in [2.24, 2.45) is 11.8 Å². The summed E-state index contributed by atoms with van der Waals surface area (Å²) in [6.07, 6.45) is -31.1. The second kappa shape index (κ2) is 7.99. The molecule has 0 radical (unpaired) electrons. The van der Waals surface area contributed by atoms with Crippen LogP contribution in [0.25, 0.3) is 0 Å². The Balaban J connectivity index is 5.83. The zero-order chi connectivity index (χ0) is 21.2. The third-order valence-corrected chi connectivity index (χ3v) is 3.83. The first-order valence-electron chi connectivity index (χ1n) is 7.23. The quantitative estimate of drug-likeness (QED) is 0.386. The van der Waals surface area contributed by atoms with Crippen LogP contribution >= 0.6 is 0 Å². The highest BCUT2D eigenvalue weighted by Gasteiger charge is 2.74. The molecule has 0 saturated carbocycles. The molecule has 2 unspecified atom stereocenters. The molecule has 0 fully saturated rings. The first kappa shape index (κ1) is 25.1. The molecule has 0 aromatic carbocycles. The summed E-state index contributed by atoms with van der Waals surface area (Å²) < 4.78 is 165. The van der Waals surface area contributed by atoms with Crippen molar-refractivity contribution >= 4 is 0 Å². The Bertz CT molecular complexity index is 411. The minimum absolute atomic E-state index is 0.0986. The zero-order valence-electron chi connectivity index (χ0n) is 13.1. The monoisotopic (exact) mass is 418 g/mol. The highest BCUT2D eigenvalue weighted by atomic mass is 19.4. The van der Waals surface area contributed by atoms with E-state index in [0.29, 0.717) is 0 Å². The van der Waals surface area contributed by atoms with Gasteiger partial charge in [-0.05, 0) is 12.8 Å². The van der Waals surface area contributed by atoms with Crippen molar-refractivity contribution in [3.63, 3.8) is 0 Å². The van der Waals surface area contributed by atoms with Crippen LogP contribution in [0.5, 0.6) is 0 Å². The third-order valence-electron chi connectivity index (χ3n) is 3.83. The van der Waals surface area contributed by atoms with Gasteiger partial charge < -0.3 is 0 Å². The van der Waals surface area contributed by atoms with Crippen LogP contribution in [-0.2, 0) is 0 Å². The average molecular weight is 418 g/mol. The molecule has 158 valence electrons. The third kappa shape index (κ3) is 6.36. The van der Waals surface area contributed by atoms with Crippen LogP contribution in [0, 0.1) is 11.8 Å². The molecular weight excluding hydrogens is 403 g/mol. The minimum atomic E-state index is -6.77. The van der Waals surface area contributed by atoms with E-state index < -0.39 is 61.5 Å². The van der Waals surface area contributed by atoms with Crippen LogP contribution in [0.1, 0.15) is 39.0 Å². The van der Waals surface area contributed by atoms with E-state index in [1.54, 1.807) is 0 Å². The normalized spacial score (nSPS) is 17.3. The van der Waals surface area contributed by atoms with Crippen molar-refractivity contribution in [3.05, 3.63) is 0 Å². The van der Waals surface area contributed by atoms with Gasteiger partial charge in [0, 0.05) is 6.42 Å². The van der Waals surface area contributed by atoms with Crippen molar-refractivity contribution in [3.8, 4) is 0 Å². The molecule has 0 aliphatic rings. The summed E-state index contributed by atoms with van der Waals surface area (Å²) in [7, 11) is 0. The topological polar surface area (TPSA) is 0 Å². The molecule has 0 N–H and O–H groups in total. The molecule has 0 heterocycles. The van der Waals surface area contributed by atoms with Gasteiger partial charge in [0.1, 0.15) is 0 Å². The Morgan fingerprint density at radius 1 is 0.615 bits per heavy atom. The molecule has 2 atom stereocenters. The molecule has 0 aliphatic heterocycles. The van der Waals surface area contributed by atoms with Crippen molar-refractivity contribution in [1.29, 1.82) is 0 Å². The lowest BCUT2D eigenvalue weighted by Crippen LogP contribution is -2.55. The Morgan fingerprint density at radius 2 is 1.00 bits per heavy atom. The van der Waals surface area contributed by atoms with Crippen LogP contribution in [0.2, 0.25) is 0 Å². The first-order chi connectivity index (χ1) is 11.3. The number of unbranched alkanes of at least 4 members (excludes halogenated alkanes) is 1. The molecule has 0 aromatic heterocycles. The lowest BCUT2D eigenvalue weighted by Gasteiger charge is -2.35. The van der Waals surface area contributed by atoms with Gasteiger partial charge >= 0.3 is 24.7 Å². The van der Waals surface area contributed by atoms with E-state index in [2.05, 4.69) is 0 Å². The van der Waals surface area contributed by atoms with Gasteiger partial charge in [0.15, 0.2) is 0 Å². The first-order valence-corrected chi connectivity index (χ1v) is 7.23. The average Bonchev–Trinajstić information content (AvgIpc) is 2.36. The molecule has 0 aromatic rings. The molecule has 13 heteroatoms. The summed E-state index contributed by atoms with van der Waals surface area (Å²) in [5.41, 5.74) is -6.28. The predicted molar refractivity (Wildman–Crippen MR) is 63.8 cm³/mol. The van der Waals surface area contributed by atoms with Crippen molar-refractivity contribution in [2.45, 2.75) is 69.4 Å². The molecule has 0 spiro atoms. The lowest BCUT2D eigenvalue weighted by molar-refractivity contribution is -0.353. The van der Waals surface area contributed by atoms with Crippen molar-refractivity contribution in [2.75, 3.05) is 0 Å². The summed E-state index contributed by atoms with van der Waals surface area (Å²) in [6.45, 7) is 1.38. The Kier molecular flexibility index (Phi) is 7.71. The van der Waals surface area contributed by atoms with Crippen LogP contribution in [0.15, 0.2) is 0 Å². The molecule has 0 rings (SSSR count). The fraction of sp³-hybridized carbons (Fsp3) is 1.00. The Morgan fingerprint density at radius 3 is 1.27 bits per heavy atom. The molecule has 0 amide bonds. The zero-order valence-corrected chi connectivity index (χ0v) is 13.1. The maximum absolute atomic E-state index is 13.6. The van der Waals surface area contributed by atoms with E-state index in [4.69, 9.17) is 0 Å². The number of alkyl halides is 13. The second-order valence-electron chi connectivity index (χ2n) is 5.86. The Hall–Kier alpha value is -0.910. The maximum Gasteiger partial charge on any atom is 0.431 e. The van der Waals surface area contributed by atoms with Gasteiger partial charge in [-0.15, -0.1) is 0 Å². The fourth-order valence-corrected chi connectivity index (χ4v) is 2.27. The largest absolute Gasteiger partial charge is 0.431 e. The highest BCUT2D eigenvalue weighted by Crippen LogP contribution is 2.53. The number of hydrogen-bond donors (Lipinski definition) is 0. The van der Waals surface area contributed by atoms with E-state index in [9.17, 15) is 57.1 Å². The van der Waals surface area contributed by atoms with Gasteiger partial charge in [0.2, 0.25) is 0 Å². The van der Waals surface area contributed by atoms with Gasteiger partial charge in [0.25, 0.3) is 5.67 Å². The second-order valence-corrected chi connectivity index (χ2v) is 5.86. The molecule has 26 heavy (non-hydrogen) atoms. The van der Waals surface area contributed by atoms with E-state index >= 15 is 0 Å². The smallest absolute Gasteiger partial charge is 0.224 e. The van der Waals surface area contributed by atoms with Crippen LogP contribution < -0.4 is 0 Å². The molecular formula is C13H15F13. The van der Waals surface area contributed by atoms with E-state index in [0.717, 1.165) is 0 Å². The fourth-order valence-electron chi connectivity index (χ4n) is 2.27. The van der Waals surface area contributed by atoms with E-state index in [-0.39, 0.29) is 12.8 Å². The van der Waals surface area contributed by atoms with Crippen molar-refractivity contribution in [1.82, 2.24) is 0 Å². The van der Waals surface area contributed by atoms with E-state index in [1.807, 2.05) is 0 Å². The lowest BCUT2D eigenvalue weighted by atomic mass is 9.82. The maximum atomic E-state index is 13.6. The summed E-state index contributed by atoms with van der Waals surface area (Å²) >= 11 is 0. The van der Waals surface area contributed by atoms with E-state index in [1.165, 1.54) is 6.92 Å². The number of hydrogen-bond acceptors (Lipinski definition) is 0. The predicted octanol–water partition coefficient (Wildman–Crippen LogP) is 7.15. The summed E-state index contributed by atoms with van der Waals surface area (Å²) in [5.74, 6) is -6.58. The van der Waals surface area contributed by atoms with Gasteiger partial charge in [-0.25, -0.2) is 4.39 Å². The standard InChI is InChI=1S/C13H15F13/c1-2-3-4-7(10(15,16)17)5-8(11(18,19)20)6-9(14,12(21,22)23)13(24,25)26/h7-8H,2-6H2,1H3. The summed E-state index contributed by atoms with van der Waals surface area (Å²) in [6, 6.07) is 0. The van der Waals surface area contributed by atoms with Gasteiger partial charge in [-0.3, -0.25) is 0 Å². The van der Waals surface area contributed by atoms with Crippen molar-refractivity contribution < 1.29 is 57.1 Å².